The predicted molar refractivity (Wildman–Crippen MR) is 142 cm³/mol. The van der Waals surface area contributed by atoms with Crippen molar-refractivity contribution < 1.29 is 14.3 Å². The van der Waals surface area contributed by atoms with E-state index in [1.807, 2.05) is 36.4 Å². The predicted octanol–water partition coefficient (Wildman–Crippen LogP) is 6.26. The Bertz CT molecular complexity index is 1340. The molecular formula is C29H33N3O3. The SMILES string of the molecule is COc1cccc(NC(=O)c2cccc(Oc3ccc4c(c3)c(C)c(C)n4CCCN(C)C)c2)c1. The van der Waals surface area contributed by atoms with Gasteiger partial charge in [-0.05, 0) is 95.0 Å². The Morgan fingerprint density at radius 1 is 0.943 bits per heavy atom. The number of fused-ring (bicyclic) bond motifs is 1. The van der Waals surface area contributed by atoms with Gasteiger partial charge in [0.2, 0.25) is 0 Å². The molecule has 1 N–H and O–H groups in total. The first kappa shape index (κ1) is 24.4. The topological polar surface area (TPSA) is 55.7 Å². The lowest BCUT2D eigenvalue weighted by atomic mass is 10.1. The number of nitrogens with one attached hydrogen (secondary N) is 1. The lowest BCUT2D eigenvalue weighted by molar-refractivity contribution is 0.102. The van der Waals surface area contributed by atoms with Gasteiger partial charge in [0.1, 0.15) is 17.2 Å². The van der Waals surface area contributed by atoms with Crippen LogP contribution in [0.2, 0.25) is 0 Å². The van der Waals surface area contributed by atoms with Gasteiger partial charge >= 0.3 is 0 Å². The summed E-state index contributed by atoms with van der Waals surface area (Å²) in [5.41, 5.74) is 4.96. The van der Waals surface area contributed by atoms with E-state index in [0.29, 0.717) is 22.7 Å². The average molecular weight is 472 g/mol. The normalized spacial score (nSPS) is 11.1. The van der Waals surface area contributed by atoms with Crippen molar-refractivity contribution >= 4 is 22.5 Å². The number of carbonyl (C=O) groups is 1. The number of aryl methyl sites for hydroxylation is 2. The number of nitrogens with zero attached hydrogens (tertiary/aromatic N) is 2. The smallest absolute Gasteiger partial charge is 0.255 e. The van der Waals surface area contributed by atoms with Crippen molar-refractivity contribution in [2.24, 2.45) is 0 Å². The summed E-state index contributed by atoms with van der Waals surface area (Å²) in [5, 5.41) is 4.10. The maximum absolute atomic E-state index is 12.8. The van der Waals surface area contributed by atoms with Crippen LogP contribution in [0.15, 0.2) is 66.7 Å². The van der Waals surface area contributed by atoms with Crippen LogP contribution in [0.3, 0.4) is 0 Å². The lowest BCUT2D eigenvalue weighted by Gasteiger charge is -2.12. The van der Waals surface area contributed by atoms with E-state index in [-0.39, 0.29) is 5.91 Å². The first-order valence-corrected chi connectivity index (χ1v) is 11.8. The van der Waals surface area contributed by atoms with Crippen molar-refractivity contribution in [2.45, 2.75) is 26.8 Å². The Morgan fingerprint density at radius 2 is 1.69 bits per heavy atom. The van der Waals surface area contributed by atoms with Crippen LogP contribution in [-0.2, 0) is 6.54 Å². The van der Waals surface area contributed by atoms with Crippen molar-refractivity contribution in [3.8, 4) is 17.2 Å². The number of ether oxygens (including phenoxy) is 2. The first-order chi connectivity index (χ1) is 16.9. The molecule has 0 aliphatic carbocycles. The number of hydrogen-bond donors (Lipinski definition) is 1. The fraction of sp³-hybridized carbons (Fsp3) is 0.276. The molecule has 0 radical (unpaired) electrons. The maximum Gasteiger partial charge on any atom is 0.255 e. The minimum Gasteiger partial charge on any atom is -0.497 e. The third-order valence-corrected chi connectivity index (χ3v) is 6.26. The number of amides is 1. The highest BCUT2D eigenvalue weighted by Crippen LogP contribution is 2.31. The van der Waals surface area contributed by atoms with E-state index in [1.165, 1.54) is 22.2 Å². The van der Waals surface area contributed by atoms with Crippen LogP contribution in [0.25, 0.3) is 10.9 Å². The third-order valence-electron chi connectivity index (χ3n) is 6.26. The van der Waals surface area contributed by atoms with E-state index in [2.05, 4.69) is 54.9 Å². The van der Waals surface area contributed by atoms with Gasteiger partial charge in [-0.1, -0.05) is 12.1 Å². The Morgan fingerprint density at radius 3 is 2.46 bits per heavy atom. The van der Waals surface area contributed by atoms with Crippen LogP contribution in [0.5, 0.6) is 17.2 Å². The number of anilines is 1. The summed E-state index contributed by atoms with van der Waals surface area (Å²) in [6, 6.07) is 20.7. The maximum atomic E-state index is 12.8. The standard InChI is InChI=1S/C29H33N3O3/c1-20-21(2)32(16-8-15-31(3)4)28-14-13-26(19-27(20)28)35-25-12-6-9-22(17-25)29(33)30-23-10-7-11-24(18-23)34-5/h6-7,9-14,17-19H,8,15-16H2,1-5H3,(H,30,33). The number of benzene rings is 3. The van der Waals surface area contributed by atoms with Crippen molar-refractivity contribution in [1.82, 2.24) is 9.47 Å². The Labute approximate surface area is 207 Å². The number of methoxy groups -OCH3 is 1. The summed E-state index contributed by atoms with van der Waals surface area (Å²) in [6.07, 6.45) is 1.10. The van der Waals surface area contributed by atoms with Crippen molar-refractivity contribution in [2.75, 3.05) is 33.1 Å². The molecular weight excluding hydrogens is 438 g/mol. The van der Waals surface area contributed by atoms with E-state index in [9.17, 15) is 4.79 Å². The summed E-state index contributed by atoms with van der Waals surface area (Å²) in [5.74, 6) is 1.84. The van der Waals surface area contributed by atoms with Gasteiger partial charge in [0, 0.05) is 40.5 Å². The zero-order valence-corrected chi connectivity index (χ0v) is 21.1. The van der Waals surface area contributed by atoms with Gasteiger partial charge in [0.05, 0.1) is 7.11 Å². The molecule has 35 heavy (non-hydrogen) atoms. The van der Waals surface area contributed by atoms with Crippen LogP contribution >= 0.6 is 0 Å². The van der Waals surface area contributed by atoms with Crippen molar-refractivity contribution in [3.63, 3.8) is 0 Å². The van der Waals surface area contributed by atoms with Crippen LogP contribution < -0.4 is 14.8 Å². The van der Waals surface area contributed by atoms with Gasteiger partial charge in [-0.3, -0.25) is 4.79 Å². The van der Waals surface area contributed by atoms with Crippen LogP contribution in [-0.4, -0.2) is 43.1 Å². The number of hydrogen-bond acceptors (Lipinski definition) is 4. The van der Waals surface area contributed by atoms with E-state index >= 15 is 0 Å². The molecule has 0 bridgehead atoms. The summed E-state index contributed by atoms with van der Waals surface area (Å²) in [4.78, 5) is 15.0. The second-order valence-electron chi connectivity index (χ2n) is 9.01. The van der Waals surface area contributed by atoms with Gasteiger partial charge < -0.3 is 24.3 Å². The largest absolute Gasteiger partial charge is 0.497 e. The number of aromatic nitrogens is 1. The van der Waals surface area contributed by atoms with Gasteiger partial charge in [0.25, 0.3) is 5.91 Å². The molecule has 0 saturated carbocycles. The first-order valence-electron chi connectivity index (χ1n) is 11.8. The highest BCUT2D eigenvalue weighted by molar-refractivity contribution is 6.04. The highest BCUT2D eigenvalue weighted by Gasteiger charge is 2.13. The summed E-state index contributed by atoms with van der Waals surface area (Å²) < 4.78 is 13.8. The molecule has 0 fully saturated rings. The molecule has 0 saturated heterocycles. The zero-order chi connectivity index (χ0) is 24.9. The lowest BCUT2D eigenvalue weighted by Crippen LogP contribution is -2.15. The van der Waals surface area contributed by atoms with E-state index in [1.54, 1.807) is 25.3 Å². The second-order valence-corrected chi connectivity index (χ2v) is 9.01. The van der Waals surface area contributed by atoms with Gasteiger partial charge in [-0.15, -0.1) is 0 Å². The quantitative estimate of drug-likeness (QED) is 0.313. The Kier molecular flexibility index (Phi) is 7.42. The molecule has 6 heteroatoms. The van der Waals surface area contributed by atoms with Crippen molar-refractivity contribution in [1.29, 1.82) is 0 Å². The number of rotatable bonds is 9. The average Bonchev–Trinajstić information content (AvgIpc) is 3.08. The fourth-order valence-electron chi connectivity index (χ4n) is 4.27. The molecule has 1 aromatic heterocycles. The molecule has 4 aromatic rings. The van der Waals surface area contributed by atoms with E-state index < -0.39 is 0 Å². The van der Waals surface area contributed by atoms with Gasteiger partial charge in [-0.2, -0.15) is 0 Å². The van der Waals surface area contributed by atoms with E-state index in [4.69, 9.17) is 9.47 Å². The molecule has 0 spiro atoms. The monoisotopic (exact) mass is 471 g/mol. The Hall–Kier alpha value is -3.77. The summed E-state index contributed by atoms with van der Waals surface area (Å²) >= 11 is 0. The molecule has 0 aliphatic heterocycles. The van der Waals surface area contributed by atoms with Gasteiger partial charge in [-0.25, -0.2) is 0 Å². The minimum atomic E-state index is -0.208. The number of carbonyl (C=O) groups excluding carboxylic acids is 1. The molecule has 1 heterocycles. The second kappa shape index (κ2) is 10.7. The third kappa shape index (κ3) is 5.66. The molecule has 6 nitrogen and oxygen atoms in total. The van der Waals surface area contributed by atoms with E-state index in [0.717, 1.165) is 25.3 Å². The van der Waals surface area contributed by atoms with Crippen LogP contribution in [0.4, 0.5) is 5.69 Å². The molecule has 1 amide bonds. The highest BCUT2D eigenvalue weighted by atomic mass is 16.5. The summed E-state index contributed by atoms with van der Waals surface area (Å²) in [7, 11) is 5.81. The minimum absolute atomic E-state index is 0.208. The zero-order valence-electron chi connectivity index (χ0n) is 21.1. The van der Waals surface area contributed by atoms with Gasteiger partial charge in [0.15, 0.2) is 0 Å². The van der Waals surface area contributed by atoms with Crippen LogP contribution in [0.1, 0.15) is 28.0 Å². The molecule has 0 aliphatic rings. The fourth-order valence-corrected chi connectivity index (χ4v) is 4.27. The molecule has 3 aromatic carbocycles. The van der Waals surface area contributed by atoms with Crippen molar-refractivity contribution in [3.05, 3.63) is 83.6 Å². The Balaban J connectivity index is 1.51. The van der Waals surface area contributed by atoms with Crippen LogP contribution in [0, 0.1) is 13.8 Å². The summed E-state index contributed by atoms with van der Waals surface area (Å²) in [6.45, 7) is 6.38. The molecule has 0 unspecified atom stereocenters. The molecule has 182 valence electrons. The molecule has 0 atom stereocenters. The molecule has 4 rings (SSSR count).